The van der Waals surface area contributed by atoms with Gasteiger partial charge in [-0.1, -0.05) is 0 Å². The molecule has 1 spiro atoms. The van der Waals surface area contributed by atoms with Crippen molar-refractivity contribution in [3.63, 3.8) is 0 Å². The Hall–Kier alpha value is -0.940. The Labute approximate surface area is 130 Å². The van der Waals surface area contributed by atoms with Gasteiger partial charge in [-0.05, 0) is 33.1 Å². The minimum absolute atomic E-state index is 0.252. The number of likely N-dealkylation sites (tertiary alicyclic amines) is 1. The third-order valence-corrected chi connectivity index (χ3v) is 5.96. The highest BCUT2D eigenvalue weighted by atomic mass is 32.1. The lowest BCUT2D eigenvalue weighted by atomic mass is 9.79. The summed E-state index contributed by atoms with van der Waals surface area (Å²) in [5.74, 6) is 0.319. The molecule has 1 atom stereocenters. The number of carbonyl (C=O) groups is 1. The molecule has 0 saturated carbocycles. The fourth-order valence-electron chi connectivity index (χ4n) is 3.34. The molecule has 2 aliphatic heterocycles. The third kappa shape index (κ3) is 3.29. The van der Waals surface area contributed by atoms with E-state index in [1.807, 2.05) is 0 Å². The molecule has 5 heteroatoms. The summed E-state index contributed by atoms with van der Waals surface area (Å²) in [5.41, 5.74) is 1.40. The van der Waals surface area contributed by atoms with Crippen LogP contribution in [-0.4, -0.2) is 42.1 Å². The maximum absolute atomic E-state index is 12.1. The summed E-state index contributed by atoms with van der Waals surface area (Å²) in [6.07, 6.45) is 4.80. The molecule has 3 heterocycles. The molecule has 0 radical (unpaired) electrons. The molecule has 1 aromatic rings. The lowest BCUT2D eigenvalue weighted by Crippen LogP contribution is -2.47. The number of nitrogens with zero attached hydrogens (tertiary/aromatic N) is 2. The third-order valence-electron chi connectivity index (χ3n) is 4.82. The predicted octanol–water partition coefficient (Wildman–Crippen LogP) is 2.72. The van der Waals surface area contributed by atoms with Gasteiger partial charge in [0, 0.05) is 42.8 Å². The summed E-state index contributed by atoms with van der Waals surface area (Å²) < 4.78 is 5.56. The molecule has 2 saturated heterocycles. The first-order valence-electron chi connectivity index (χ1n) is 7.86. The van der Waals surface area contributed by atoms with Crippen LogP contribution in [0.1, 0.15) is 41.3 Å². The van der Waals surface area contributed by atoms with E-state index < -0.39 is 0 Å². The Kier molecular flexibility index (Phi) is 4.31. The molecule has 21 heavy (non-hydrogen) atoms. The minimum Gasteiger partial charge on any atom is -0.381 e. The molecule has 0 N–H and O–H groups in total. The molecule has 0 unspecified atom stereocenters. The van der Waals surface area contributed by atoms with E-state index in [0.29, 0.717) is 12.3 Å². The van der Waals surface area contributed by atoms with Crippen LogP contribution in [0.25, 0.3) is 0 Å². The van der Waals surface area contributed by atoms with E-state index in [2.05, 4.69) is 23.7 Å². The highest BCUT2D eigenvalue weighted by Gasteiger charge is 2.41. The molecule has 1 aromatic heterocycles. The van der Waals surface area contributed by atoms with Gasteiger partial charge in [0.1, 0.15) is 0 Å². The quantitative estimate of drug-likeness (QED) is 0.859. The molecule has 116 valence electrons. The molecular weight excluding hydrogens is 284 g/mol. The minimum atomic E-state index is 0.252. The standard InChI is InChI=1S/C16H24N2O2S/c1-12-13(2)21-14(17-12)4-3-8-18-10-16(6-5-15(18)19)7-9-20-11-16/h3-11H2,1-2H3/t16-/m1/s1. The zero-order chi connectivity index (χ0) is 14.9. The maximum Gasteiger partial charge on any atom is 0.222 e. The second-order valence-electron chi connectivity index (χ2n) is 6.47. The van der Waals surface area contributed by atoms with E-state index in [1.165, 1.54) is 9.88 Å². The Morgan fingerprint density at radius 3 is 2.90 bits per heavy atom. The van der Waals surface area contributed by atoms with Crippen LogP contribution in [0.2, 0.25) is 0 Å². The predicted molar refractivity (Wildman–Crippen MR) is 83.6 cm³/mol. The molecule has 3 rings (SSSR count). The molecule has 2 aliphatic rings. The fraction of sp³-hybridized carbons (Fsp3) is 0.750. The fourth-order valence-corrected chi connectivity index (χ4v) is 4.32. The summed E-state index contributed by atoms with van der Waals surface area (Å²) in [7, 11) is 0. The van der Waals surface area contributed by atoms with Crippen LogP contribution in [0.4, 0.5) is 0 Å². The summed E-state index contributed by atoms with van der Waals surface area (Å²) >= 11 is 1.79. The number of hydrogen-bond donors (Lipinski definition) is 0. The number of piperidine rings is 1. The normalized spacial score (nSPS) is 26.0. The Balaban J connectivity index is 1.52. The van der Waals surface area contributed by atoms with Gasteiger partial charge in [0.15, 0.2) is 0 Å². The van der Waals surface area contributed by atoms with E-state index in [-0.39, 0.29) is 5.41 Å². The highest BCUT2D eigenvalue weighted by Crippen LogP contribution is 2.38. The lowest BCUT2D eigenvalue weighted by molar-refractivity contribution is -0.137. The van der Waals surface area contributed by atoms with Crippen LogP contribution >= 0.6 is 11.3 Å². The zero-order valence-electron chi connectivity index (χ0n) is 13.0. The topological polar surface area (TPSA) is 42.4 Å². The average molecular weight is 308 g/mol. The number of carbonyl (C=O) groups excluding carboxylic acids is 1. The number of aryl methyl sites for hydroxylation is 3. The monoisotopic (exact) mass is 308 g/mol. The first-order chi connectivity index (χ1) is 10.1. The van der Waals surface area contributed by atoms with Gasteiger partial charge in [-0.3, -0.25) is 4.79 Å². The summed E-state index contributed by atoms with van der Waals surface area (Å²) in [4.78, 5) is 20.1. The smallest absolute Gasteiger partial charge is 0.222 e. The van der Waals surface area contributed by atoms with Crippen LogP contribution in [-0.2, 0) is 16.0 Å². The van der Waals surface area contributed by atoms with Gasteiger partial charge in [0.2, 0.25) is 5.91 Å². The van der Waals surface area contributed by atoms with Crippen LogP contribution in [0.3, 0.4) is 0 Å². The highest BCUT2D eigenvalue weighted by molar-refractivity contribution is 7.11. The SMILES string of the molecule is Cc1nc(CCCN2C[C@]3(CCOC3)CCC2=O)sc1C. The van der Waals surface area contributed by atoms with Gasteiger partial charge in [0.25, 0.3) is 0 Å². The van der Waals surface area contributed by atoms with E-state index in [4.69, 9.17) is 4.74 Å². The van der Waals surface area contributed by atoms with Gasteiger partial charge in [0.05, 0.1) is 17.3 Å². The number of ether oxygens (including phenoxy) is 1. The van der Waals surface area contributed by atoms with Crippen molar-refractivity contribution in [2.24, 2.45) is 5.41 Å². The average Bonchev–Trinajstić information content (AvgIpc) is 3.03. The van der Waals surface area contributed by atoms with Crippen LogP contribution in [0, 0.1) is 19.3 Å². The van der Waals surface area contributed by atoms with E-state index in [0.717, 1.165) is 57.7 Å². The molecule has 0 aromatic carbocycles. The molecule has 0 bridgehead atoms. The van der Waals surface area contributed by atoms with Crippen LogP contribution in [0.15, 0.2) is 0 Å². The van der Waals surface area contributed by atoms with Gasteiger partial charge < -0.3 is 9.64 Å². The first kappa shape index (κ1) is 15.0. The Bertz CT molecular complexity index is 501. The number of aromatic nitrogens is 1. The zero-order valence-corrected chi connectivity index (χ0v) is 13.8. The first-order valence-corrected chi connectivity index (χ1v) is 8.68. The van der Waals surface area contributed by atoms with Crippen molar-refractivity contribution in [2.45, 2.75) is 46.0 Å². The molecule has 4 nitrogen and oxygen atoms in total. The Morgan fingerprint density at radius 2 is 2.24 bits per heavy atom. The van der Waals surface area contributed by atoms with E-state index in [9.17, 15) is 4.79 Å². The summed E-state index contributed by atoms with van der Waals surface area (Å²) in [6, 6.07) is 0. The molecule has 1 amide bonds. The van der Waals surface area contributed by atoms with Crippen molar-refractivity contribution in [3.05, 3.63) is 15.6 Å². The van der Waals surface area contributed by atoms with Gasteiger partial charge in [-0.15, -0.1) is 11.3 Å². The van der Waals surface area contributed by atoms with Gasteiger partial charge >= 0.3 is 0 Å². The van der Waals surface area contributed by atoms with Crippen molar-refractivity contribution < 1.29 is 9.53 Å². The van der Waals surface area contributed by atoms with Crippen LogP contribution in [0.5, 0.6) is 0 Å². The van der Waals surface area contributed by atoms with E-state index >= 15 is 0 Å². The summed E-state index contributed by atoms with van der Waals surface area (Å²) in [5, 5.41) is 1.20. The van der Waals surface area contributed by atoms with Crippen molar-refractivity contribution in [2.75, 3.05) is 26.3 Å². The van der Waals surface area contributed by atoms with E-state index in [1.54, 1.807) is 11.3 Å². The molecular formula is C16H24N2O2S. The molecule has 2 fully saturated rings. The second kappa shape index (κ2) is 6.05. The number of thiazole rings is 1. The molecule has 0 aliphatic carbocycles. The Morgan fingerprint density at radius 1 is 1.38 bits per heavy atom. The van der Waals surface area contributed by atoms with Crippen molar-refractivity contribution in [1.82, 2.24) is 9.88 Å². The number of hydrogen-bond acceptors (Lipinski definition) is 4. The largest absolute Gasteiger partial charge is 0.381 e. The van der Waals surface area contributed by atoms with Crippen molar-refractivity contribution >= 4 is 17.2 Å². The number of amides is 1. The summed E-state index contributed by atoms with van der Waals surface area (Å²) in [6.45, 7) is 7.63. The number of rotatable bonds is 4. The van der Waals surface area contributed by atoms with Crippen molar-refractivity contribution in [3.8, 4) is 0 Å². The second-order valence-corrected chi connectivity index (χ2v) is 7.76. The van der Waals surface area contributed by atoms with Crippen LogP contribution < -0.4 is 0 Å². The van der Waals surface area contributed by atoms with Gasteiger partial charge in [-0.25, -0.2) is 4.98 Å². The lowest BCUT2D eigenvalue weighted by Gasteiger charge is -2.39. The van der Waals surface area contributed by atoms with Gasteiger partial charge in [-0.2, -0.15) is 0 Å². The maximum atomic E-state index is 12.1. The van der Waals surface area contributed by atoms with Crippen molar-refractivity contribution in [1.29, 1.82) is 0 Å².